The third kappa shape index (κ3) is 5.07. The molecule has 0 aliphatic rings. The first-order chi connectivity index (χ1) is 8.52. The Labute approximate surface area is 113 Å². The summed E-state index contributed by atoms with van der Waals surface area (Å²) in [6.45, 7) is 4.39. The first-order valence-electron chi connectivity index (χ1n) is 6.16. The summed E-state index contributed by atoms with van der Waals surface area (Å²) in [5, 5.41) is 12.4. The van der Waals surface area contributed by atoms with Gasteiger partial charge in [0.2, 0.25) is 5.91 Å². The van der Waals surface area contributed by atoms with Crippen molar-refractivity contribution < 1.29 is 9.90 Å². The third-order valence-electron chi connectivity index (χ3n) is 2.84. The van der Waals surface area contributed by atoms with E-state index in [0.717, 1.165) is 5.56 Å². The maximum absolute atomic E-state index is 11.8. The predicted molar refractivity (Wildman–Crippen MR) is 73.6 cm³/mol. The van der Waals surface area contributed by atoms with Crippen LogP contribution in [-0.4, -0.2) is 24.2 Å². The molecule has 1 aromatic carbocycles. The van der Waals surface area contributed by atoms with Crippen LogP contribution >= 0.6 is 11.6 Å². The van der Waals surface area contributed by atoms with Crippen molar-refractivity contribution in [2.75, 3.05) is 13.2 Å². The lowest BCUT2D eigenvalue weighted by molar-refractivity contribution is -0.124. The van der Waals surface area contributed by atoms with Gasteiger partial charge in [0.1, 0.15) is 0 Å². The molecule has 2 atom stereocenters. The van der Waals surface area contributed by atoms with Crippen molar-refractivity contribution in [2.24, 2.45) is 11.8 Å². The van der Waals surface area contributed by atoms with Crippen LogP contribution in [0.3, 0.4) is 0 Å². The van der Waals surface area contributed by atoms with E-state index < -0.39 is 0 Å². The Morgan fingerprint density at radius 3 is 2.50 bits per heavy atom. The van der Waals surface area contributed by atoms with Crippen molar-refractivity contribution in [3.63, 3.8) is 0 Å². The molecule has 18 heavy (non-hydrogen) atoms. The lowest BCUT2D eigenvalue weighted by Crippen LogP contribution is -2.34. The Kier molecular flexibility index (Phi) is 6.16. The van der Waals surface area contributed by atoms with Gasteiger partial charge >= 0.3 is 0 Å². The number of hydrogen-bond donors (Lipinski definition) is 2. The number of benzene rings is 1. The first-order valence-corrected chi connectivity index (χ1v) is 6.53. The normalized spacial score (nSPS) is 14.0. The number of nitrogens with one attached hydrogen (secondary N) is 1. The molecule has 2 N–H and O–H groups in total. The Morgan fingerprint density at radius 1 is 1.33 bits per heavy atom. The van der Waals surface area contributed by atoms with E-state index in [0.29, 0.717) is 18.0 Å². The lowest BCUT2D eigenvalue weighted by atomic mass is 10.0. The van der Waals surface area contributed by atoms with E-state index in [9.17, 15) is 4.79 Å². The van der Waals surface area contributed by atoms with Crippen LogP contribution in [0.1, 0.15) is 19.4 Å². The molecule has 0 aromatic heterocycles. The molecular formula is C14H20ClNO2. The van der Waals surface area contributed by atoms with Gasteiger partial charge in [-0.2, -0.15) is 0 Å². The van der Waals surface area contributed by atoms with Gasteiger partial charge in [0.05, 0.1) is 0 Å². The minimum absolute atomic E-state index is 0.0188. The van der Waals surface area contributed by atoms with Crippen molar-refractivity contribution in [1.82, 2.24) is 5.32 Å². The molecule has 1 rings (SSSR count). The standard InChI is InChI=1S/C14H20ClNO2/c1-10(9-17)8-16-14(18)11(2)7-12-3-5-13(15)6-4-12/h3-6,10-11,17H,7-9H2,1-2H3,(H,16,18). The van der Waals surface area contributed by atoms with Gasteiger partial charge in [-0.15, -0.1) is 0 Å². The van der Waals surface area contributed by atoms with E-state index in [4.69, 9.17) is 16.7 Å². The molecular weight excluding hydrogens is 250 g/mol. The van der Waals surface area contributed by atoms with Crippen molar-refractivity contribution >= 4 is 17.5 Å². The molecule has 0 spiro atoms. The van der Waals surface area contributed by atoms with Crippen LogP contribution in [0.4, 0.5) is 0 Å². The summed E-state index contributed by atoms with van der Waals surface area (Å²) in [7, 11) is 0. The van der Waals surface area contributed by atoms with E-state index in [1.165, 1.54) is 0 Å². The molecule has 4 heteroatoms. The number of amides is 1. The molecule has 2 unspecified atom stereocenters. The van der Waals surface area contributed by atoms with Crippen LogP contribution in [0.25, 0.3) is 0 Å². The van der Waals surface area contributed by atoms with Crippen molar-refractivity contribution in [1.29, 1.82) is 0 Å². The summed E-state index contributed by atoms with van der Waals surface area (Å²) >= 11 is 5.81. The van der Waals surface area contributed by atoms with Crippen molar-refractivity contribution in [3.05, 3.63) is 34.9 Å². The minimum atomic E-state index is -0.0860. The molecule has 0 bridgehead atoms. The number of halogens is 1. The van der Waals surface area contributed by atoms with Crippen molar-refractivity contribution in [2.45, 2.75) is 20.3 Å². The fourth-order valence-corrected chi connectivity index (χ4v) is 1.71. The average molecular weight is 270 g/mol. The van der Waals surface area contributed by atoms with Gasteiger partial charge in [0.25, 0.3) is 0 Å². The average Bonchev–Trinajstić information content (AvgIpc) is 2.38. The SMILES string of the molecule is CC(CO)CNC(=O)C(C)Cc1ccc(Cl)cc1. The highest BCUT2D eigenvalue weighted by Crippen LogP contribution is 2.13. The Hall–Kier alpha value is -1.06. The molecule has 3 nitrogen and oxygen atoms in total. The summed E-state index contributed by atoms with van der Waals surface area (Å²) in [4.78, 5) is 11.8. The Bertz CT molecular complexity index is 378. The fraction of sp³-hybridized carbons (Fsp3) is 0.500. The summed E-state index contributed by atoms with van der Waals surface area (Å²) in [6.07, 6.45) is 0.691. The smallest absolute Gasteiger partial charge is 0.223 e. The molecule has 0 saturated carbocycles. The molecule has 0 saturated heterocycles. The molecule has 0 aliphatic heterocycles. The summed E-state index contributed by atoms with van der Waals surface area (Å²) < 4.78 is 0. The van der Waals surface area contributed by atoms with E-state index in [2.05, 4.69) is 5.32 Å². The number of aliphatic hydroxyl groups excluding tert-OH is 1. The summed E-state index contributed by atoms with van der Waals surface area (Å²) in [5.74, 6) is 0.0269. The van der Waals surface area contributed by atoms with Gasteiger partial charge in [-0.3, -0.25) is 4.79 Å². The maximum atomic E-state index is 11.8. The second kappa shape index (κ2) is 7.39. The van der Waals surface area contributed by atoms with Crippen LogP contribution in [-0.2, 0) is 11.2 Å². The van der Waals surface area contributed by atoms with Gasteiger partial charge < -0.3 is 10.4 Å². The van der Waals surface area contributed by atoms with Gasteiger partial charge in [0, 0.05) is 24.1 Å². The highest BCUT2D eigenvalue weighted by atomic mass is 35.5. The lowest BCUT2D eigenvalue weighted by Gasteiger charge is -2.14. The number of carbonyl (C=O) groups excluding carboxylic acids is 1. The predicted octanol–water partition coefficient (Wildman–Crippen LogP) is 2.26. The number of rotatable bonds is 6. The third-order valence-corrected chi connectivity index (χ3v) is 3.09. The highest BCUT2D eigenvalue weighted by Gasteiger charge is 2.14. The second-order valence-electron chi connectivity index (χ2n) is 4.76. The van der Waals surface area contributed by atoms with Gasteiger partial charge in [0.15, 0.2) is 0 Å². The first kappa shape index (κ1) is 15.0. The Balaban J connectivity index is 2.42. The molecule has 0 aliphatic carbocycles. The number of hydrogen-bond acceptors (Lipinski definition) is 2. The number of carbonyl (C=O) groups is 1. The molecule has 1 amide bonds. The zero-order valence-corrected chi connectivity index (χ0v) is 11.6. The molecule has 100 valence electrons. The maximum Gasteiger partial charge on any atom is 0.223 e. The van der Waals surface area contributed by atoms with E-state index >= 15 is 0 Å². The number of aliphatic hydroxyl groups is 1. The van der Waals surface area contributed by atoms with E-state index in [1.807, 2.05) is 38.1 Å². The zero-order valence-electron chi connectivity index (χ0n) is 10.8. The molecule has 0 fully saturated rings. The fourth-order valence-electron chi connectivity index (χ4n) is 1.58. The Morgan fingerprint density at radius 2 is 1.94 bits per heavy atom. The topological polar surface area (TPSA) is 49.3 Å². The second-order valence-corrected chi connectivity index (χ2v) is 5.20. The minimum Gasteiger partial charge on any atom is -0.396 e. The van der Waals surface area contributed by atoms with Crippen LogP contribution in [0, 0.1) is 11.8 Å². The van der Waals surface area contributed by atoms with Crippen LogP contribution in [0.15, 0.2) is 24.3 Å². The molecule has 0 radical (unpaired) electrons. The zero-order chi connectivity index (χ0) is 13.5. The largest absolute Gasteiger partial charge is 0.396 e. The molecule has 1 aromatic rings. The summed E-state index contributed by atoms with van der Waals surface area (Å²) in [6, 6.07) is 7.52. The van der Waals surface area contributed by atoms with Crippen LogP contribution in [0.2, 0.25) is 5.02 Å². The molecule has 0 heterocycles. The monoisotopic (exact) mass is 269 g/mol. The summed E-state index contributed by atoms with van der Waals surface area (Å²) in [5.41, 5.74) is 1.09. The van der Waals surface area contributed by atoms with Crippen molar-refractivity contribution in [3.8, 4) is 0 Å². The quantitative estimate of drug-likeness (QED) is 0.832. The van der Waals surface area contributed by atoms with Crippen LogP contribution < -0.4 is 5.32 Å². The van der Waals surface area contributed by atoms with Gasteiger partial charge in [-0.05, 0) is 30.0 Å². The van der Waals surface area contributed by atoms with Crippen LogP contribution in [0.5, 0.6) is 0 Å². The van der Waals surface area contributed by atoms with E-state index in [-0.39, 0.29) is 24.3 Å². The highest BCUT2D eigenvalue weighted by molar-refractivity contribution is 6.30. The van der Waals surface area contributed by atoms with E-state index in [1.54, 1.807) is 0 Å². The van der Waals surface area contributed by atoms with Gasteiger partial charge in [-0.1, -0.05) is 37.6 Å². The van der Waals surface area contributed by atoms with Gasteiger partial charge in [-0.25, -0.2) is 0 Å².